The van der Waals surface area contributed by atoms with Crippen LogP contribution in [0, 0.1) is 0 Å². The van der Waals surface area contributed by atoms with Crippen LogP contribution in [0.15, 0.2) is 65.2 Å². The molecule has 0 amide bonds. The molecule has 3 rings (SSSR count). The molecule has 0 aliphatic carbocycles. The third-order valence-corrected chi connectivity index (χ3v) is 5.08. The lowest BCUT2D eigenvalue weighted by Gasteiger charge is -2.04. The fraction of sp³-hybridized carbons (Fsp3) is 0.222. The highest BCUT2D eigenvalue weighted by atomic mass is 32.2. The van der Waals surface area contributed by atoms with Gasteiger partial charge in [0, 0.05) is 5.56 Å². The Hall–Kier alpha value is -2.51. The third-order valence-electron chi connectivity index (χ3n) is 3.66. The topological polar surface area (TPSA) is 85.1 Å². The van der Waals surface area contributed by atoms with Crippen molar-refractivity contribution in [1.82, 2.24) is 14.9 Å². The van der Waals surface area contributed by atoms with E-state index in [-0.39, 0.29) is 18.2 Å². The molecule has 3 aromatic rings. The van der Waals surface area contributed by atoms with Crippen LogP contribution >= 0.6 is 0 Å². The number of aryl methyl sites for hydroxylation is 1. The molecule has 25 heavy (non-hydrogen) atoms. The highest BCUT2D eigenvalue weighted by Gasteiger charge is 2.13. The molecule has 6 nitrogen and oxygen atoms in total. The van der Waals surface area contributed by atoms with Gasteiger partial charge in [0.1, 0.15) is 0 Å². The Morgan fingerprint density at radius 3 is 2.36 bits per heavy atom. The maximum absolute atomic E-state index is 12.1. The summed E-state index contributed by atoms with van der Waals surface area (Å²) in [7, 11) is -3.38. The van der Waals surface area contributed by atoms with Gasteiger partial charge < -0.3 is 4.52 Å². The maximum Gasteiger partial charge on any atom is 0.242 e. The molecule has 0 aliphatic heterocycles. The second-order valence-electron chi connectivity index (χ2n) is 5.61. The van der Waals surface area contributed by atoms with Gasteiger partial charge in [-0.15, -0.1) is 0 Å². The largest absolute Gasteiger partial charge is 0.338 e. The summed E-state index contributed by atoms with van der Waals surface area (Å²) in [5.74, 6) is 0.742. The first-order valence-electron chi connectivity index (χ1n) is 8.02. The van der Waals surface area contributed by atoms with Crippen LogP contribution in [0.5, 0.6) is 0 Å². The van der Waals surface area contributed by atoms with E-state index < -0.39 is 10.0 Å². The number of nitrogens with zero attached hydrogens (tertiary/aromatic N) is 2. The predicted octanol–water partition coefficient (Wildman–Crippen LogP) is 2.79. The molecule has 0 saturated heterocycles. The molecule has 130 valence electrons. The summed E-state index contributed by atoms with van der Waals surface area (Å²) in [5, 5.41) is 3.87. The number of hydrogen-bond donors (Lipinski definition) is 1. The van der Waals surface area contributed by atoms with Crippen LogP contribution in [0.3, 0.4) is 0 Å². The molecule has 1 heterocycles. The fourth-order valence-corrected chi connectivity index (χ4v) is 3.40. The molecule has 0 saturated carbocycles. The van der Waals surface area contributed by atoms with Crippen molar-refractivity contribution in [3.8, 4) is 11.4 Å². The number of aromatic nitrogens is 2. The lowest BCUT2D eigenvalue weighted by molar-refractivity contribution is 0.376. The van der Waals surface area contributed by atoms with E-state index in [1.807, 2.05) is 60.7 Å². The summed E-state index contributed by atoms with van der Waals surface area (Å²) >= 11 is 0. The number of nitrogens with one attached hydrogen (secondary N) is 1. The lowest BCUT2D eigenvalue weighted by atomic mass is 10.1. The Morgan fingerprint density at radius 2 is 1.64 bits per heavy atom. The highest BCUT2D eigenvalue weighted by Crippen LogP contribution is 2.14. The first-order chi connectivity index (χ1) is 12.1. The Balaban J connectivity index is 1.50. The minimum atomic E-state index is -3.38. The van der Waals surface area contributed by atoms with E-state index in [9.17, 15) is 8.42 Å². The van der Waals surface area contributed by atoms with Gasteiger partial charge in [-0.2, -0.15) is 4.98 Å². The second kappa shape index (κ2) is 8.04. The summed E-state index contributed by atoms with van der Waals surface area (Å²) in [6.07, 6.45) is 1.28. The monoisotopic (exact) mass is 357 g/mol. The van der Waals surface area contributed by atoms with Crippen molar-refractivity contribution in [2.75, 3.05) is 5.75 Å². The molecule has 0 radical (unpaired) electrons. The molecule has 0 aliphatic rings. The van der Waals surface area contributed by atoms with Crippen molar-refractivity contribution >= 4 is 10.0 Å². The van der Waals surface area contributed by atoms with Gasteiger partial charge in [0.25, 0.3) is 0 Å². The van der Waals surface area contributed by atoms with Crippen molar-refractivity contribution in [3.63, 3.8) is 0 Å². The van der Waals surface area contributed by atoms with Crippen LogP contribution in [-0.4, -0.2) is 24.3 Å². The summed E-state index contributed by atoms with van der Waals surface area (Å²) in [6.45, 7) is -0.00644. The van der Waals surface area contributed by atoms with Gasteiger partial charge in [0.2, 0.25) is 21.7 Å². The van der Waals surface area contributed by atoms with Gasteiger partial charge in [0.15, 0.2) is 0 Å². The van der Waals surface area contributed by atoms with E-state index >= 15 is 0 Å². The van der Waals surface area contributed by atoms with Crippen LogP contribution in [-0.2, 0) is 23.0 Å². The Labute approximate surface area is 147 Å². The van der Waals surface area contributed by atoms with Gasteiger partial charge in [-0.3, -0.25) is 0 Å². The zero-order chi connectivity index (χ0) is 17.5. The number of hydrogen-bond acceptors (Lipinski definition) is 5. The van der Waals surface area contributed by atoms with E-state index in [1.54, 1.807) is 0 Å². The summed E-state index contributed by atoms with van der Waals surface area (Å²) in [4.78, 5) is 4.21. The van der Waals surface area contributed by atoms with Gasteiger partial charge in [-0.05, 0) is 18.4 Å². The van der Waals surface area contributed by atoms with E-state index in [0.29, 0.717) is 12.2 Å². The average molecular weight is 357 g/mol. The molecule has 2 aromatic carbocycles. The molecular formula is C18H19N3O3S. The minimum Gasteiger partial charge on any atom is -0.338 e. The molecule has 1 aromatic heterocycles. The summed E-state index contributed by atoms with van der Waals surface area (Å²) in [6, 6.07) is 19.2. The summed E-state index contributed by atoms with van der Waals surface area (Å²) in [5.41, 5.74) is 1.95. The molecule has 0 fully saturated rings. The highest BCUT2D eigenvalue weighted by molar-refractivity contribution is 7.89. The second-order valence-corrected chi connectivity index (χ2v) is 7.53. The van der Waals surface area contributed by atoms with Crippen LogP contribution in [0.2, 0.25) is 0 Å². The Morgan fingerprint density at radius 1 is 0.960 bits per heavy atom. The van der Waals surface area contributed by atoms with Crippen molar-refractivity contribution in [2.24, 2.45) is 0 Å². The van der Waals surface area contributed by atoms with E-state index in [1.165, 1.54) is 0 Å². The first kappa shape index (κ1) is 17.3. The minimum absolute atomic E-state index is 0.00644. The molecule has 0 atom stereocenters. The van der Waals surface area contributed by atoms with Crippen molar-refractivity contribution in [2.45, 2.75) is 19.4 Å². The van der Waals surface area contributed by atoms with Gasteiger partial charge in [-0.1, -0.05) is 65.8 Å². The van der Waals surface area contributed by atoms with Gasteiger partial charge in [0.05, 0.1) is 12.3 Å². The standard InChI is InChI=1S/C18H19N3O3S/c22-25(23,13-7-10-15-8-3-1-4-9-15)19-14-17-20-18(21-24-17)16-11-5-2-6-12-16/h1-6,8-9,11-12,19H,7,10,13-14H2. The third kappa shape index (κ3) is 5.23. The zero-order valence-electron chi connectivity index (χ0n) is 13.6. The van der Waals surface area contributed by atoms with E-state index in [4.69, 9.17) is 4.52 Å². The maximum atomic E-state index is 12.1. The van der Waals surface area contributed by atoms with Crippen LogP contribution in [0.4, 0.5) is 0 Å². The predicted molar refractivity (Wildman–Crippen MR) is 95.1 cm³/mol. The fourth-order valence-electron chi connectivity index (χ4n) is 2.39. The SMILES string of the molecule is O=S(=O)(CCCc1ccccc1)NCc1nc(-c2ccccc2)no1. The number of benzene rings is 2. The zero-order valence-corrected chi connectivity index (χ0v) is 14.4. The van der Waals surface area contributed by atoms with Crippen molar-refractivity contribution < 1.29 is 12.9 Å². The Kier molecular flexibility index (Phi) is 5.57. The van der Waals surface area contributed by atoms with Gasteiger partial charge >= 0.3 is 0 Å². The van der Waals surface area contributed by atoms with E-state index in [2.05, 4.69) is 14.9 Å². The molecule has 0 bridgehead atoms. The van der Waals surface area contributed by atoms with Crippen LogP contribution in [0.25, 0.3) is 11.4 Å². The normalized spacial score (nSPS) is 11.5. The van der Waals surface area contributed by atoms with E-state index in [0.717, 1.165) is 17.5 Å². The van der Waals surface area contributed by atoms with Crippen molar-refractivity contribution in [1.29, 1.82) is 0 Å². The smallest absolute Gasteiger partial charge is 0.242 e. The van der Waals surface area contributed by atoms with Gasteiger partial charge in [-0.25, -0.2) is 13.1 Å². The first-order valence-corrected chi connectivity index (χ1v) is 9.67. The van der Waals surface area contributed by atoms with Crippen molar-refractivity contribution in [3.05, 3.63) is 72.1 Å². The molecular weight excluding hydrogens is 338 g/mol. The van der Waals surface area contributed by atoms with Crippen LogP contribution in [0.1, 0.15) is 17.9 Å². The number of sulfonamides is 1. The Bertz CT molecular complexity index is 894. The average Bonchev–Trinajstić information content (AvgIpc) is 3.11. The molecule has 0 spiro atoms. The number of rotatable bonds is 8. The molecule has 0 unspecified atom stereocenters. The molecule has 1 N–H and O–H groups in total. The lowest BCUT2D eigenvalue weighted by Crippen LogP contribution is -2.26. The quantitative estimate of drug-likeness (QED) is 0.670. The molecule has 7 heteroatoms. The van der Waals surface area contributed by atoms with Crippen LogP contribution < -0.4 is 4.72 Å². The summed E-state index contributed by atoms with van der Waals surface area (Å²) < 4.78 is 31.7.